The molecule has 0 saturated heterocycles. The number of hydrogen-bond donors (Lipinski definition) is 6. The van der Waals surface area contributed by atoms with Crippen LogP contribution in [0.1, 0.15) is 34.6 Å². The van der Waals surface area contributed by atoms with Gasteiger partial charge >= 0.3 is 0 Å². The van der Waals surface area contributed by atoms with E-state index >= 15 is 0 Å². The van der Waals surface area contributed by atoms with Crippen LogP contribution >= 0.6 is 0 Å². The van der Waals surface area contributed by atoms with E-state index in [0.717, 1.165) is 0 Å². The van der Waals surface area contributed by atoms with Crippen molar-refractivity contribution in [3.05, 3.63) is 57.2 Å². The van der Waals surface area contributed by atoms with Crippen LogP contribution in [0.25, 0.3) is 5.76 Å². The lowest BCUT2D eigenvalue weighted by Gasteiger charge is -2.50. The topological polar surface area (TPSA) is 234 Å². The van der Waals surface area contributed by atoms with E-state index in [-0.39, 0.29) is 46.9 Å². The van der Waals surface area contributed by atoms with Gasteiger partial charge in [0.15, 0.2) is 17.1 Å². The molecule has 0 bridgehead atoms. The van der Waals surface area contributed by atoms with Gasteiger partial charge < -0.3 is 30.7 Å². The molecule has 4 atom stereocenters. The number of aryl methyl sites for hydroxylation is 2. The van der Waals surface area contributed by atoms with E-state index in [0.29, 0.717) is 11.1 Å². The summed E-state index contributed by atoms with van der Waals surface area (Å²) in [6.07, 6.45) is -0.0724. The van der Waals surface area contributed by atoms with Gasteiger partial charge in [0.05, 0.1) is 11.6 Å². The number of phenolic OH excluding ortho intramolecular Hbond substituents is 1. The Labute approximate surface area is 240 Å². The van der Waals surface area contributed by atoms with Crippen LogP contribution in [-0.2, 0) is 37.4 Å². The number of aliphatic hydroxyl groups excluding tert-OH is 2. The fourth-order valence-corrected chi connectivity index (χ4v) is 7.91. The number of amides is 1. The molecule has 7 N–H and O–H groups in total. The number of aliphatic hydroxyl groups is 3. The highest BCUT2D eigenvalue weighted by molar-refractivity contribution is 7.89. The SMILES string of the molecule is Cc1noc(C)c1S(=O)(=O)NCc1ccc(O)c2c1C[C@@H]1C[C@@H]3[C@H](N(C)C)C(=O)C(C(N)=O)=C(O)[C@@]3(O)C(=O)C1=C2O. The molecule has 224 valence electrons. The van der Waals surface area contributed by atoms with Crippen LogP contribution in [0.3, 0.4) is 0 Å². The maximum Gasteiger partial charge on any atom is 0.255 e. The zero-order chi connectivity index (χ0) is 31.0. The Kier molecular flexibility index (Phi) is 6.84. The summed E-state index contributed by atoms with van der Waals surface area (Å²) in [6, 6.07) is 1.49. The summed E-state index contributed by atoms with van der Waals surface area (Å²) in [5.41, 5.74) is 2.15. The number of primary amides is 1. The van der Waals surface area contributed by atoms with Gasteiger partial charge in [-0.2, -0.15) is 0 Å². The van der Waals surface area contributed by atoms with Crippen molar-refractivity contribution in [2.75, 3.05) is 14.1 Å². The number of nitrogens with zero attached hydrogens (tertiary/aromatic N) is 2. The van der Waals surface area contributed by atoms with Crippen LogP contribution in [0.15, 0.2) is 38.5 Å². The monoisotopic (exact) mass is 602 g/mol. The largest absolute Gasteiger partial charge is 0.508 e. The number of nitrogens with two attached hydrogens (primary N) is 1. The summed E-state index contributed by atoms with van der Waals surface area (Å²) in [5, 5.41) is 48.3. The normalized spacial score (nSPS) is 25.9. The first-order chi connectivity index (χ1) is 19.5. The minimum absolute atomic E-state index is 0.0192. The molecule has 42 heavy (non-hydrogen) atoms. The lowest BCUT2D eigenvalue weighted by atomic mass is 9.57. The number of benzene rings is 1. The van der Waals surface area contributed by atoms with E-state index < -0.39 is 73.8 Å². The number of Topliss-reactive ketones (excluding diaryl/α,β-unsaturated/α-hetero) is 2. The number of sulfonamides is 1. The van der Waals surface area contributed by atoms with Gasteiger partial charge in [-0.25, -0.2) is 13.1 Å². The van der Waals surface area contributed by atoms with Crippen molar-refractivity contribution in [3.63, 3.8) is 0 Å². The molecule has 3 aliphatic carbocycles. The van der Waals surface area contributed by atoms with Crippen LogP contribution in [0.4, 0.5) is 0 Å². The number of aromatic nitrogens is 1. The van der Waals surface area contributed by atoms with Gasteiger partial charge in [-0.3, -0.25) is 19.3 Å². The van der Waals surface area contributed by atoms with E-state index in [4.69, 9.17) is 10.3 Å². The number of ketones is 2. The van der Waals surface area contributed by atoms with Gasteiger partial charge in [0, 0.05) is 18.0 Å². The fraction of sp³-hybridized carbons (Fsp3) is 0.407. The van der Waals surface area contributed by atoms with Crippen LogP contribution in [-0.4, -0.2) is 82.1 Å². The number of carbonyl (C=O) groups is 3. The quantitative estimate of drug-likeness (QED) is 0.241. The summed E-state index contributed by atoms with van der Waals surface area (Å²) in [6.45, 7) is 2.68. The molecule has 3 aliphatic rings. The molecule has 5 rings (SSSR count). The van der Waals surface area contributed by atoms with E-state index in [9.17, 15) is 43.2 Å². The second-order valence-electron chi connectivity index (χ2n) is 11.0. The van der Waals surface area contributed by atoms with Crippen molar-refractivity contribution >= 4 is 33.3 Å². The smallest absolute Gasteiger partial charge is 0.255 e. The Balaban J connectivity index is 1.61. The molecule has 1 amide bonds. The van der Waals surface area contributed by atoms with Gasteiger partial charge in [0.1, 0.15) is 33.4 Å². The third-order valence-corrected chi connectivity index (χ3v) is 10.0. The number of rotatable bonds is 6. The summed E-state index contributed by atoms with van der Waals surface area (Å²) >= 11 is 0. The lowest BCUT2D eigenvalue weighted by molar-refractivity contribution is -0.153. The molecule has 0 unspecified atom stereocenters. The predicted molar refractivity (Wildman–Crippen MR) is 144 cm³/mol. The Morgan fingerprint density at radius 1 is 1.21 bits per heavy atom. The average molecular weight is 603 g/mol. The molecule has 1 aromatic heterocycles. The number of fused-ring (bicyclic) bond motifs is 3. The van der Waals surface area contributed by atoms with Crippen molar-refractivity contribution in [2.24, 2.45) is 17.6 Å². The van der Waals surface area contributed by atoms with Crippen LogP contribution < -0.4 is 10.5 Å². The van der Waals surface area contributed by atoms with Crippen molar-refractivity contribution in [2.45, 2.75) is 49.8 Å². The minimum Gasteiger partial charge on any atom is -0.508 e. The maximum absolute atomic E-state index is 13.9. The second-order valence-corrected chi connectivity index (χ2v) is 12.7. The van der Waals surface area contributed by atoms with Crippen LogP contribution in [0.5, 0.6) is 5.75 Å². The second kappa shape index (κ2) is 9.76. The molecule has 1 heterocycles. The molecule has 1 aromatic carbocycles. The number of phenols is 1. The Hall–Kier alpha value is -4.05. The maximum atomic E-state index is 13.9. The Morgan fingerprint density at radius 3 is 2.45 bits per heavy atom. The number of hydrogen-bond acceptors (Lipinski definition) is 12. The van der Waals surface area contributed by atoms with Gasteiger partial charge in [-0.15, -0.1) is 0 Å². The molecule has 14 nitrogen and oxygen atoms in total. The van der Waals surface area contributed by atoms with E-state index in [1.807, 2.05) is 0 Å². The molecule has 1 saturated carbocycles. The summed E-state index contributed by atoms with van der Waals surface area (Å²) in [7, 11) is -1.05. The van der Waals surface area contributed by atoms with Gasteiger partial charge in [0.25, 0.3) is 5.91 Å². The minimum atomic E-state index is -4.07. The highest BCUT2D eigenvalue weighted by atomic mass is 32.2. The van der Waals surface area contributed by atoms with Crippen molar-refractivity contribution in [1.82, 2.24) is 14.8 Å². The standard InChI is InChI=1S/C27H30N4O10S/c1-10-23(11(2)41-30-10)42(39,40)29-9-12-5-6-16(32)18-14(12)7-13-8-15-20(31(3)4)22(34)19(26(28)37)25(36)27(15,38)24(35)17(13)21(18)33/h5-6,13,15,20,29,32-33,36,38H,7-9H2,1-4H3,(H2,28,37)/t13-,15-,20+,27+/m1/s1. The first-order valence-electron chi connectivity index (χ1n) is 12.9. The average Bonchev–Trinajstić information content (AvgIpc) is 3.23. The summed E-state index contributed by atoms with van der Waals surface area (Å²) in [4.78, 5) is 40.5. The Bertz CT molecular complexity index is 1720. The lowest BCUT2D eigenvalue weighted by Crippen LogP contribution is -2.65. The van der Waals surface area contributed by atoms with Gasteiger partial charge in [0.2, 0.25) is 15.8 Å². The van der Waals surface area contributed by atoms with Crippen molar-refractivity contribution in [1.29, 1.82) is 0 Å². The number of nitrogens with one attached hydrogen (secondary N) is 1. The molecule has 1 fully saturated rings. The van der Waals surface area contributed by atoms with Crippen molar-refractivity contribution in [3.8, 4) is 5.75 Å². The first-order valence-corrected chi connectivity index (χ1v) is 14.4. The van der Waals surface area contributed by atoms with Gasteiger partial charge in [-0.05, 0) is 63.9 Å². The zero-order valence-corrected chi connectivity index (χ0v) is 23.9. The molecule has 0 aliphatic heterocycles. The number of aromatic hydroxyl groups is 1. The van der Waals surface area contributed by atoms with E-state index in [1.54, 1.807) is 0 Å². The summed E-state index contributed by atoms with van der Waals surface area (Å²) < 4.78 is 33.5. The van der Waals surface area contributed by atoms with E-state index in [2.05, 4.69) is 9.88 Å². The fourth-order valence-electron chi connectivity index (χ4n) is 6.58. The highest BCUT2D eigenvalue weighted by Gasteiger charge is 2.64. The Morgan fingerprint density at radius 2 is 1.88 bits per heavy atom. The molecule has 0 spiro atoms. The van der Waals surface area contributed by atoms with Crippen molar-refractivity contribution < 1.29 is 47.8 Å². The van der Waals surface area contributed by atoms with Crippen LogP contribution in [0, 0.1) is 25.7 Å². The van der Waals surface area contributed by atoms with E-state index in [1.165, 1.54) is 45.0 Å². The number of likely N-dealkylation sites (N-methyl/N-ethyl adjacent to an activating group) is 1. The molecule has 15 heteroatoms. The zero-order valence-electron chi connectivity index (χ0n) is 23.1. The predicted octanol–water partition coefficient (Wildman–Crippen LogP) is 0.0473. The van der Waals surface area contributed by atoms with Crippen LogP contribution in [0.2, 0.25) is 0 Å². The third kappa shape index (κ3) is 4.06. The molecule has 2 aromatic rings. The number of carbonyl (C=O) groups excluding carboxylic acids is 3. The molecule has 0 radical (unpaired) electrons. The molecular weight excluding hydrogens is 572 g/mol. The third-order valence-electron chi connectivity index (χ3n) is 8.39. The first kappa shape index (κ1) is 29.4. The molecular formula is C27H30N4O10S. The summed E-state index contributed by atoms with van der Waals surface area (Å²) in [5.74, 6) is -7.48. The van der Waals surface area contributed by atoms with Gasteiger partial charge in [-0.1, -0.05) is 11.2 Å². The highest BCUT2D eigenvalue weighted by Crippen LogP contribution is 2.53.